The Morgan fingerprint density at radius 1 is 1.09 bits per heavy atom. The number of rotatable bonds is 9. The molecule has 0 radical (unpaired) electrons. The predicted octanol–water partition coefficient (Wildman–Crippen LogP) is 4.46. The normalized spacial score (nSPS) is 13.3. The molecule has 1 aliphatic carbocycles. The van der Waals surface area contributed by atoms with Crippen LogP contribution in [0.2, 0.25) is 0 Å². The summed E-state index contributed by atoms with van der Waals surface area (Å²) in [7, 11) is 0. The van der Waals surface area contributed by atoms with Crippen molar-refractivity contribution in [3.8, 4) is 17.1 Å². The first kappa shape index (κ1) is 21.9. The van der Waals surface area contributed by atoms with E-state index in [0.29, 0.717) is 36.4 Å². The molecule has 34 heavy (non-hydrogen) atoms. The van der Waals surface area contributed by atoms with Crippen LogP contribution in [0.25, 0.3) is 22.6 Å². The number of aromatic nitrogens is 4. The molecule has 2 aromatic carbocycles. The third-order valence-electron chi connectivity index (χ3n) is 5.70. The molecule has 8 heteroatoms. The minimum Gasteiger partial charge on any atom is -0.492 e. The third kappa shape index (κ3) is 4.85. The number of ether oxygens (including phenoxy) is 1. The maximum atomic E-state index is 12.3. The summed E-state index contributed by atoms with van der Waals surface area (Å²) in [6.07, 6.45) is 3.92. The summed E-state index contributed by atoms with van der Waals surface area (Å²) in [5.41, 5.74) is 2.96. The highest BCUT2D eigenvalue weighted by Crippen LogP contribution is 2.26. The lowest BCUT2D eigenvalue weighted by Crippen LogP contribution is -2.25. The van der Waals surface area contributed by atoms with E-state index in [9.17, 15) is 4.79 Å². The van der Waals surface area contributed by atoms with Crippen LogP contribution >= 0.6 is 0 Å². The zero-order chi connectivity index (χ0) is 23.5. The van der Waals surface area contributed by atoms with E-state index in [0.717, 1.165) is 35.3 Å². The summed E-state index contributed by atoms with van der Waals surface area (Å²) in [6.45, 7) is 5.24. The molecule has 0 unspecified atom stereocenters. The summed E-state index contributed by atoms with van der Waals surface area (Å²) >= 11 is 0. The molecule has 1 fully saturated rings. The lowest BCUT2D eigenvalue weighted by atomic mass is 10.1. The van der Waals surface area contributed by atoms with Crippen LogP contribution in [-0.4, -0.2) is 44.6 Å². The fraction of sp³-hybridized carbons (Fsp3) is 0.308. The Morgan fingerprint density at radius 2 is 1.85 bits per heavy atom. The predicted molar refractivity (Wildman–Crippen MR) is 132 cm³/mol. The van der Waals surface area contributed by atoms with Crippen LogP contribution in [0, 0.1) is 0 Å². The van der Waals surface area contributed by atoms with E-state index in [4.69, 9.17) is 14.7 Å². The average molecular weight is 457 g/mol. The Kier molecular flexibility index (Phi) is 6.12. The van der Waals surface area contributed by atoms with Gasteiger partial charge in [-0.3, -0.25) is 4.79 Å². The molecule has 1 aliphatic rings. The van der Waals surface area contributed by atoms with Crippen molar-refractivity contribution < 1.29 is 9.53 Å². The SMILES string of the molecule is CC(C)n1cnc2c(NCCOc3ccccc3)nc(-c3ccc(C(=O)NC4CC4)cc3)nc21. The number of benzene rings is 2. The van der Waals surface area contributed by atoms with Gasteiger partial charge in [-0.05, 0) is 51.0 Å². The summed E-state index contributed by atoms with van der Waals surface area (Å²) in [4.78, 5) is 26.5. The molecule has 2 N–H and O–H groups in total. The van der Waals surface area contributed by atoms with Gasteiger partial charge in [-0.25, -0.2) is 15.0 Å². The summed E-state index contributed by atoms with van der Waals surface area (Å²) in [5.74, 6) is 2.03. The van der Waals surface area contributed by atoms with Gasteiger partial charge >= 0.3 is 0 Å². The summed E-state index contributed by atoms with van der Waals surface area (Å²) in [5, 5.41) is 6.38. The highest BCUT2D eigenvalue weighted by Gasteiger charge is 2.24. The number of nitrogens with one attached hydrogen (secondary N) is 2. The topological polar surface area (TPSA) is 94.0 Å². The molecule has 0 aliphatic heterocycles. The smallest absolute Gasteiger partial charge is 0.251 e. The van der Waals surface area contributed by atoms with Gasteiger partial charge in [0, 0.05) is 23.2 Å². The minimum absolute atomic E-state index is 0.0379. The summed E-state index contributed by atoms with van der Waals surface area (Å²) < 4.78 is 7.83. The van der Waals surface area contributed by atoms with Crippen molar-refractivity contribution in [1.82, 2.24) is 24.8 Å². The molecule has 0 atom stereocenters. The molecule has 8 nitrogen and oxygen atoms in total. The van der Waals surface area contributed by atoms with Crippen LogP contribution in [0.3, 0.4) is 0 Å². The number of imidazole rings is 1. The number of hydrogen-bond donors (Lipinski definition) is 2. The molecular weight excluding hydrogens is 428 g/mol. The van der Waals surface area contributed by atoms with E-state index in [1.807, 2.05) is 59.2 Å². The molecule has 1 amide bonds. The van der Waals surface area contributed by atoms with Gasteiger partial charge in [0.2, 0.25) is 0 Å². The quantitative estimate of drug-likeness (QED) is 0.361. The number of nitrogens with zero attached hydrogens (tertiary/aromatic N) is 4. The first-order valence-electron chi connectivity index (χ1n) is 11.7. The van der Waals surface area contributed by atoms with Crippen molar-refractivity contribution in [3.63, 3.8) is 0 Å². The Morgan fingerprint density at radius 3 is 2.56 bits per heavy atom. The van der Waals surface area contributed by atoms with E-state index >= 15 is 0 Å². The Labute approximate surface area is 198 Å². The van der Waals surface area contributed by atoms with Gasteiger partial charge in [0.25, 0.3) is 5.91 Å². The maximum absolute atomic E-state index is 12.3. The Bertz CT molecular complexity index is 1280. The van der Waals surface area contributed by atoms with E-state index in [1.165, 1.54) is 0 Å². The molecule has 2 heterocycles. The molecular formula is C26H28N6O2. The van der Waals surface area contributed by atoms with Crippen molar-refractivity contribution in [3.05, 3.63) is 66.5 Å². The molecule has 0 bridgehead atoms. The zero-order valence-electron chi connectivity index (χ0n) is 19.4. The highest BCUT2D eigenvalue weighted by molar-refractivity contribution is 5.95. The van der Waals surface area contributed by atoms with Gasteiger partial charge < -0.3 is 19.9 Å². The van der Waals surface area contributed by atoms with Crippen molar-refractivity contribution in [2.45, 2.75) is 38.8 Å². The van der Waals surface area contributed by atoms with Crippen molar-refractivity contribution in [1.29, 1.82) is 0 Å². The Balaban J connectivity index is 1.38. The minimum atomic E-state index is -0.0379. The van der Waals surface area contributed by atoms with Gasteiger partial charge in [0.1, 0.15) is 17.9 Å². The third-order valence-corrected chi connectivity index (χ3v) is 5.70. The van der Waals surface area contributed by atoms with E-state index in [2.05, 4.69) is 29.5 Å². The molecule has 1 saturated carbocycles. The average Bonchev–Trinajstić information content (AvgIpc) is 3.56. The first-order valence-corrected chi connectivity index (χ1v) is 11.7. The second kappa shape index (κ2) is 9.51. The van der Waals surface area contributed by atoms with E-state index < -0.39 is 0 Å². The monoisotopic (exact) mass is 456 g/mol. The number of fused-ring (bicyclic) bond motifs is 1. The number of carbonyl (C=O) groups excluding carboxylic acids is 1. The number of hydrogen-bond acceptors (Lipinski definition) is 6. The zero-order valence-corrected chi connectivity index (χ0v) is 19.4. The standard InChI is InChI=1S/C26H28N6O2/c1-17(2)32-16-28-22-24(27-14-15-34-21-6-4-3-5-7-21)30-23(31-25(22)32)18-8-10-19(11-9-18)26(33)29-20-12-13-20/h3-11,16-17,20H,12-15H2,1-2H3,(H,29,33)(H,27,30,31). The fourth-order valence-corrected chi connectivity index (χ4v) is 3.67. The number of para-hydroxylation sites is 1. The van der Waals surface area contributed by atoms with Crippen LogP contribution in [0.1, 0.15) is 43.1 Å². The number of anilines is 1. The molecule has 4 aromatic rings. The molecule has 5 rings (SSSR count). The van der Waals surface area contributed by atoms with E-state index in [1.54, 1.807) is 6.33 Å². The van der Waals surface area contributed by atoms with Crippen molar-refractivity contribution >= 4 is 22.9 Å². The van der Waals surface area contributed by atoms with Gasteiger partial charge in [-0.1, -0.05) is 30.3 Å². The Hall–Kier alpha value is -3.94. The first-order chi connectivity index (χ1) is 16.6. The second-order valence-electron chi connectivity index (χ2n) is 8.73. The highest BCUT2D eigenvalue weighted by atomic mass is 16.5. The molecule has 0 saturated heterocycles. The van der Waals surface area contributed by atoms with Crippen LogP contribution in [0.5, 0.6) is 5.75 Å². The molecule has 174 valence electrons. The number of amides is 1. The lowest BCUT2D eigenvalue weighted by Gasteiger charge is -2.12. The van der Waals surface area contributed by atoms with Crippen LogP contribution in [-0.2, 0) is 0 Å². The van der Waals surface area contributed by atoms with Crippen molar-refractivity contribution in [2.75, 3.05) is 18.5 Å². The van der Waals surface area contributed by atoms with E-state index in [-0.39, 0.29) is 11.9 Å². The van der Waals surface area contributed by atoms with Crippen LogP contribution in [0.15, 0.2) is 60.9 Å². The van der Waals surface area contributed by atoms with Gasteiger partial charge in [-0.15, -0.1) is 0 Å². The number of carbonyl (C=O) groups is 1. The molecule has 0 spiro atoms. The van der Waals surface area contributed by atoms with Crippen LogP contribution in [0.4, 0.5) is 5.82 Å². The fourth-order valence-electron chi connectivity index (χ4n) is 3.67. The van der Waals surface area contributed by atoms with Crippen LogP contribution < -0.4 is 15.4 Å². The lowest BCUT2D eigenvalue weighted by molar-refractivity contribution is 0.0951. The molecule has 2 aromatic heterocycles. The van der Waals surface area contributed by atoms with Crippen molar-refractivity contribution in [2.24, 2.45) is 0 Å². The second-order valence-corrected chi connectivity index (χ2v) is 8.73. The largest absolute Gasteiger partial charge is 0.492 e. The van der Waals surface area contributed by atoms with Gasteiger partial charge in [0.05, 0.1) is 12.9 Å². The summed E-state index contributed by atoms with van der Waals surface area (Å²) in [6, 6.07) is 17.7. The van der Waals surface area contributed by atoms with Gasteiger partial charge in [-0.2, -0.15) is 0 Å². The van der Waals surface area contributed by atoms with Gasteiger partial charge in [0.15, 0.2) is 17.3 Å². The maximum Gasteiger partial charge on any atom is 0.251 e.